The van der Waals surface area contributed by atoms with Crippen molar-refractivity contribution in [1.82, 2.24) is 18.4 Å². The second-order valence-electron chi connectivity index (χ2n) is 7.55. The number of aromatic nitrogens is 3. The third-order valence-electron chi connectivity index (χ3n) is 5.69. The third kappa shape index (κ3) is 3.75. The van der Waals surface area contributed by atoms with Crippen LogP contribution in [0.5, 0.6) is 5.75 Å². The maximum absolute atomic E-state index is 13.0. The summed E-state index contributed by atoms with van der Waals surface area (Å²) in [6.45, 7) is 3.84. The van der Waals surface area contributed by atoms with Crippen LogP contribution in [0.25, 0.3) is 11.2 Å². The van der Waals surface area contributed by atoms with Crippen LogP contribution in [0.2, 0.25) is 0 Å². The van der Waals surface area contributed by atoms with Crippen molar-refractivity contribution in [3.63, 3.8) is 0 Å². The van der Waals surface area contributed by atoms with E-state index in [0.717, 1.165) is 5.52 Å². The number of pyridine rings is 1. The number of hydrogen-bond donors (Lipinski definition) is 0. The molecule has 1 fully saturated rings. The summed E-state index contributed by atoms with van der Waals surface area (Å²) in [6, 6.07) is 10.2. The predicted molar refractivity (Wildman–Crippen MR) is 114 cm³/mol. The van der Waals surface area contributed by atoms with Gasteiger partial charge in [0.05, 0.1) is 17.0 Å². The largest absolute Gasteiger partial charge is 0.494 e. The maximum atomic E-state index is 13.0. The number of sulfonamides is 1. The molecular formula is C21H26N4O4S. The molecule has 0 saturated carbocycles. The number of piperidine rings is 1. The van der Waals surface area contributed by atoms with E-state index in [-0.39, 0.29) is 16.5 Å². The minimum absolute atomic E-state index is 0.0897. The van der Waals surface area contributed by atoms with E-state index >= 15 is 0 Å². The average molecular weight is 431 g/mol. The minimum Gasteiger partial charge on any atom is -0.494 e. The van der Waals surface area contributed by atoms with E-state index in [1.54, 1.807) is 46.6 Å². The Morgan fingerprint density at radius 1 is 1.13 bits per heavy atom. The van der Waals surface area contributed by atoms with Crippen LogP contribution >= 0.6 is 0 Å². The highest BCUT2D eigenvalue weighted by Gasteiger charge is 2.30. The maximum Gasteiger partial charge on any atom is 0.330 e. The summed E-state index contributed by atoms with van der Waals surface area (Å²) in [6.07, 6.45) is 3.09. The van der Waals surface area contributed by atoms with Crippen molar-refractivity contribution in [1.29, 1.82) is 0 Å². The first-order chi connectivity index (χ1) is 14.4. The molecule has 0 radical (unpaired) electrons. The molecule has 0 atom stereocenters. The molecule has 1 aliphatic rings. The van der Waals surface area contributed by atoms with Crippen molar-refractivity contribution in [3.05, 3.63) is 53.1 Å². The lowest BCUT2D eigenvalue weighted by Crippen LogP contribution is -2.40. The Morgan fingerprint density at radius 2 is 1.83 bits per heavy atom. The summed E-state index contributed by atoms with van der Waals surface area (Å²) in [5, 5.41) is 0. The average Bonchev–Trinajstić information content (AvgIpc) is 3.00. The topological polar surface area (TPSA) is 86.4 Å². The summed E-state index contributed by atoms with van der Waals surface area (Å²) in [5.74, 6) is 0.881. The van der Waals surface area contributed by atoms with Gasteiger partial charge >= 0.3 is 5.69 Å². The molecular weight excluding hydrogens is 404 g/mol. The number of fused-ring (bicyclic) bond motifs is 1. The first-order valence-corrected chi connectivity index (χ1v) is 11.6. The fourth-order valence-corrected chi connectivity index (χ4v) is 5.48. The monoisotopic (exact) mass is 430 g/mol. The molecule has 160 valence electrons. The molecule has 0 amide bonds. The molecule has 0 spiro atoms. The van der Waals surface area contributed by atoms with Gasteiger partial charge < -0.3 is 4.74 Å². The lowest BCUT2D eigenvalue weighted by molar-refractivity contribution is 0.252. The lowest BCUT2D eigenvalue weighted by atomic mass is 9.98. The highest BCUT2D eigenvalue weighted by atomic mass is 32.2. The van der Waals surface area contributed by atoms with Crippen LogP contribution in [0, 0.1) is 5.92 Å². The Balaban J connectivity index is 1.45. The van der Waals surface area contributed by atoms with Crippen LogP contribution in [0.1, 0.15) is 19.8 Å². The molecule has 1 aliphatic heterocycles. The molecule has 8 nitrogen and oxygen atoms in total. The molecule has 9 heteroatoms. The standard InChI is InChI=1S/C21H26N4O4S/c1-3-29-17-6-8-18(9-7-17)30(27,28)24-13-10-16(11-14-24)15-25-20-19(5-4-12-22-20)23(2)21(25)26/h4-9,12,16H,3,10-11,13-15H2,1-2H3. The van der Waals surface area contributed by atoms with E-state index in [0.29, 0.717) is 50.5 Å². The Kier molecular flexibility index (Phi) is 5.66. The molecule has 0 N–H and O–H groups in total. The van der Waals surface area contributed by atoms with Crippen LogP contribution < -0.4 is 10.4 Å². The number of rotatable bonds is 6. The van der Waals surface area contributed by atoms with Crippen molar-refractivity contribution < 1.29 is 13.2 Å². The van der Waals surface area contributed by atoms with Crippen LogP contribution in [0.15, 0.2) is 52.3 Å². The van der Waals surface area contributed by atoms with Crippen molar-refractivity contribution >= 4 is 21.2 Å². The van der Waals surface area contributed by atoms with Crippen LogP contribution in [-0.4, -0.2) is 46.5 Å². The van der Waals surface area contributed by atoms with Gasteiger partial charge in [0, 0.05) is 32.9 Å². The summed E-state index contributed by atoms with van der Waals surface area (Å²) in [7, 11) is -1.79. The van der Waals surface area contributed by atoms with Gasteiger partial charge in [-0.15, -0.1) is 0 Å². The smallest absolute Gasteiger partial charge is 0.330 e. The predicted octanol–water partition coefficient (Wildman–Crippen LogP) is 2.23. The van der Waals surface area contributed by atoms with E-state index < -0.39 is 10.0 Å². The molecule has 3 heterocycles. The molecule has 1 aromatic carbocycles. The van der Waals surface area contributed by atoms with Gasteiger partial charge in [0.25, 0.3) is 0 Å². The van der Waals surface area contributed by atoms with Gasteiger partial charge in [0.15, 0.2) is 5.65 Å². The zero-order chi connectivity index (χ0) is 21.3. The van der Waals surface area contributed by atoms with Crippen molar-refractivity contribution in [2.45, 2.75) is 31.2 Å². The van der Waals surface area contributed by atoms with Gasteiger partial charge in [-0.25, -0.2) is 18.2 Å². The third-order valence-corrected chi connectivity index (χ3v) is 7.60. The van der Waals surface area contributed by atoms with E-state index in [1.165, 1.54) is 4.31 Å². The fraction of sp³-hybridized carbons (Fsp3) is 0.429. The summed E-state index contributed by atoms with van der Waals surface area (Å²) >= 11 is 0. The van der Waals surface area contributed by atoms with Crippen molar-refractivity contribution in [3.8, 4) is 5.75 Å². The molecule has 3 aromatic rings. The Bertz CT molecular complexity index is 1190. The van der Waals surface area contributed by atoms with E-state index in [1.807, 2.05) is 19.1 Å². The second kappa shape index (κ2) is 8.23. The van der Waals surface area contributed by atoms with Gasteiger partial charge in [-0.05, 0) is 62.1 Å². The zero-order valence-electron chi connectivity index (χ0n) is 17.2. The van der Waals surface area contributed by atoms with Gasteiger partial charge in [0.1, 0.15) is 5.75 Å². The summed E-state index contributed by atoms with van der Waals surface area (Å²) < 4.78 is 36.2. The van der Waals surface area contributed by atoms with E-state index in [9.17, 15) is 13.2 Å². The lowest BCUT2D eigenvalue weighted by Gasteiger charge is -2.31. The van der Waals surface area contributed by atoms with Crippen molar-refractivity contribution in [2.75, 3.05) is 19.7 Å². The molecule has 0 aliphatic carbocycles. The normalized spacial score (nSPS) is 16.2. The number of benzene rings is 1. The first-order valence-electron chi connectivity index (χ1n) is 10.1. The van der Waals surface area contributed by atoms with Gasteiger partial charge in [0.2, 0.25) is 10.0 Å². The van der Waals surface area contributed by atoms with Crippen LogP contribution in [0.3, 0.4) is 0 Å². The molecule has 0 bridgehead atoms. The highest BCUT2D eigenvalue weighted by molar-refractivity contribution is 7.89. The first kappa shape index (κ1) is 20.6. The quantitative estimate of drug-likeness (QED) is 0.599. The zero-order valence-corrected chi connectivity index (χ0v) is 18.0. The molecule has 1 saturated heterocycles. The number of nitrogens with zero attached hydrogens (tertiary/aromatic N) is 4. The number of hydrogen-bond acceptors (Lipinski definition) is 5. The Morgan fingerprint density at radius 3 is 2.50 bits per heavy atom. The van der Waals surface area contributed by atoms with E-state index in [2.05, 4.69) is 4.98 Å². The second-order valence-corrected chi connectivity index (χ2v) is 9.49. The molecule has 30 heavy (non-hydrogen) atoms. The number of imidazole rings is 1. The molecule has 2 aromatic heterocycles. The fourth-order valence-electron chi connectivity index (χ4n) is 4.01. The number of aryl methyl sites for hydroxylation is 1. The van der Waals surface area contributed by atoms with E-state index in [4.69, 9.17) is 4.74 Å². The highest BCUT2D eigenvalue weighted by Crippen LogP contribution is 2.26. The summed E-state index contributed by atoms with van der Waals surface area (Å²) in [5.41, 5.74) is 1.39. The van der Waals surface area contributed by atoms with Gasteiger partial charge in [-0.1, -0.05) is 0 Å². The summed E-state index contributed by atoms with van der Waals surface area (Å²) in [4.78, 5) is 17.3. The molecule has 4 rings (SSSR count). The number of ether oxygens (including phenoxy) is 1. The van der Waals surface area contributed by atoms with Crippen LogP contribution in [-0.2, 0) is 23.6 Å². The van der Waals surface area contributed by atoms with Crippen molar-refractivity contribution in [2.24, 2.45) is 13.0 Å². The Labute approximate surface area is 175 Å². The molecule has 0 unspecified atom stereocenters. The Hall–Kier alpha value is -2.65. The van der Waals surface area contributed by atoms with Gasteiger partial charge in [-0.2, -0.15) is 4.31 Å². The van der Waals surface area contributed by atoms with Gasteiger partial charge in [-0.3, -0.25) is 9.13 Å². The SMILES string of the molecule is CCOc1ccc(S(=O)(=O)N2CCC(Cn3c(=O)n(C)c4cccnc43)CC2)cc1. The minimum atomic E-state index is -3.54. The van der Waals surface area contributed by atoms with Crippen LogP contribution in [0.4, 0.5) is 0 Å².